The van der Waals surface area contributed by atoms with E-state index in [1.54, 1.807) is 4.90 Å². The van der Waals surface area contributed by atoms with Gasteiger partial charge in [0.15, 0.2) is 0 Å². The molecule has 3 aromatic carbocycles. The molecule has 12 nitrogen and oxygen atoms in total. The average Bonchev–Trinajstić information content (AvgIpc) is 3.82. The van der Waals surface area contributed by atoms with Crippen molar-refractivity contribution in [3.05, 3.63) is 108 Å². The third-order valence-electron chi connectivity index (χ3n) is 10.9. The molecule has 0 spiro atoms. The van der Waals surface area contributed by atoms with Crippen LogP contribution in [-0.4, -0.2) is 89.8 Å². The van der Waals surface area contributed by atoms with Gasteiger partial charge in [0.1, 0.15) is 24.4 Å². The Balaban J connectivity index is 1.27. The number of nitrogens with one attached hydrogen (secondary N) is 3. The van der Waals surface area contributed by atoms with Crippen LogP contribution in [0.25, 0.3) is 11.1 Å². The monoisotopic (exact) mass is 835 g/mol. The second kappa shape index (κ2) is 21.7. The summed E-state index contributed by atoms with van der Waals surface area (Å²) in [6, 6.07) is 24.6. The van der Waals surface area contributed by atoms with Crippen molar-refractivity contribution in [3.63, 3.8) is 0 Å². The molecule has 4 atom stereocenters. The molecule has 3 aromatic rings. The van der Waals surface area contributed by atoms with E-state index in [1.807, 2.05) is 101 Å². The number of fused-ring (bicyclic) bond motifs is 3. The van der Waals surface area contributed by atoms with Crippen molar-refractivity contribution in [2.24, 2.45) is 11.8 Å². The van der Waals surface area contributed by atoms with Gasteiger partial charge in [-0.1, -0.05) is 105 Å². The van der Waals surface area contributed by atoms with Crippen LogP contribution in [0.4, 0.5) is 9.59 Å². The van der Waals surface area contributed by atoms with Gasteiger partial charge < -0.3 is 35.2 Å². The van der Waals surface area contributed by atoms with Gasteiger partial charge >= 0.3 is 12.2 Å². The molecule has 3 N–H and O–H groups in total. The molecule has 1 aliphatic heterocycles. The lowest BCUT2D eigenvalue weighted by atomic mass is 9.95. The highest BCUT2D eigenvalue weighted by atomic mass is 16.6. The van der Waals surface area contributed by atoms with Crippen LogP contribution in [0, 0.1) is 11.8 Å². The number of likely N-dealkylation sites (tertiary alicyclic amines) is 1. The largest absolute Gasteiger partial charge is 0.449 e. The van der Waals surface area contributed by atoms with E-state index >= 15 is 0 Å². The van der Waals surface area contributed by atoms with Crippen LogP contribution in [-0.2, 0) is 30.3 Å². The van der Waals surface area contributed by atoms with Crippen molar-refractivity contribution in [1.29, 1.82) is 0 Å². The number of carbonyl (C=O) groups is 5. The Kier molecular flexibility index (Phi) is 16.5. The van der Waals surface area contributed by atoms with Gasteiger partial charge in [-0.2, -0.15) is 0 Å². The lowest BCUT2D eigenvalue weighted by molar-refractivity contribution is -0.147. The van der Waals surface area contributed by atoms with E-state index in [0.717, 1.165) is 27.8 Å². The predicted molar refractivity (Wildman–Crippen MR) is 237 cm³/mol. The van der Waals surface area contributed by atoms with Crippen LogP contribution in [0.3, 0.4) is 0 Å². The van der Waals surface area contributed by atoms with E-state index < -0.39 is 35.9 Å². The third-order valence-corrected chi connectivity index (χ3v) is 10.9. The van der Waals surface area contributed by atoms with Crippen LogP contribution < -0.4 is 16.0 Å². The highest BCUT2D eigenvalue weighted by Gasteiger charge is 2.40. The Labute approximate surface area is 361 Å². The lowest BCUT2D eigenvalue weighted by Gasteiger charge is -2.38. The maximum Gasteiger partial charge on any atom is 0.408 e. The molecule has 0 unspecified atom stereocenters. The third kappa shape index (κ3) is 13.2. The van der Waals surface area contributed by atoms with Crippen molar-refractivity contribution >= 4 is 30.4 Å². The number of amides is 5. The zero-order chi connectivity index (χ0) is 44.1. The molecule has 1 fully saturated rings. The minimum Gasteiger partial charge on any atom is -0.449 e. The summed E-state index contributed by atoms with van der Waals surface area (Å²) in [6.45, 7) is 14.1. The number of nitrogens with zero attached hydrogens (tertiary/aromatic N) is 2. The van der Waals surface area contributed by atoms with Crippen LogP contribution in [0.1, 0.15) is 103 Å². The van der Waals surface area contributed by atoms with Gasteiger partial charge in [-0.3, -0.25) is 14.4 Å². The quantitative estimate of drug-likeness (QED) is 0.0631. The molecular weight excluding hydrogens is 771 g/mol. The first kappa shape index (κ1) is 46.4. The summed E-state index contributed by atoms with van der Waals surface area (Å²) in [7, 11) is 0. The van der Waals surface area contributed by atoms with E-state index in [-0.39, 0.29) is 55.3 Å². The number of ether oxygens (including phenoxy) is 2. The zero-order valence-electron chi connectivity index (χ0n) is 36.9. The molecule has 328 valence electrons. The number of hydrogen-bond donors (Lipinski definition) is 3. The Bertz CT molecular complexity index is 1930. The molecular formula is C49H65N5O7. The molecule has 0 saturated carbocycles. The Morgan fingerprint density at radius 1 is 0.852 bits per heavy atom. The molecule has 1 aliphatic carbocycles. The van der Waals surface area contributed by atoms with Gasteiger partial charge in [-0.15, -0.1) is 0 Å². The first-order chi connectivity index (χ1) is 29.1. The van der Waals surface area contributed by atoms with Gasteiger partial charge in [0, 0.05) is 25.0 Å². The fourth-order valence-corrected chi connectivity index (χ4v) is 8.34. The second-order valence-electron chi connectivity index (χ2n) is 17.8. The van der Waals surface area contributed by atoms with Crippen LogP contribution in [0.15, 0.2) is 91.0 Å². The topological polar surface area (TPSA) is 146 Å². The summed E-state index contributed by atoms with van der Waals surface area (Å²) in [5.74, 6) is -0.933. The fourth-order valence-electron chi connectivity index (χ4n) is 8.34. The van der Waals surface area contributed by atoms with Crippen molar-refractivity contribution in [2.75, 3.05) is 19.7 Å². The SMILES string of the molecule is CC(C)C[C@@H](/C=C/[C@H](Cc1ccccc1)C(=O)N1CCC[C@H]1N(C=O)[C@@H](CCCNC(=O)OCC1c2ccccc2-c2ccccc21)C(=O)NC(C)C)NC(=O)OC(C)(C)C. The molecule has 0 bridgehead atoms. The fraction of sp³-hybridized carbons (Fsp3) is 0.490. The van der Waals surface area contributed by atoms with Gasteiger partial charge in [0.05, 0.1) is 12.0 Å². The smallest absolute Gasteiger partial charge is 0.408 e. The van der Waals surface area contributed by atoms with E-state index in [1.165, 1.54) is 4.90 Å². The molecule has 61 heavy (non-hydrogen) atoms. The molecule has 0 aromatic heterocycles. The Morgan fingerprint density at radius 3 is 2.10 bits per heavy atom. The van der Waals surface area contributed by atoms with Crippen LogP contribution >= 0.6 is 0 Å². The maximum absolute atomic E-state index is 14.7. The summed E-state index contributed by atoms with van der Waals surface area (Å²) in [5.41, 5.74) is 4.83. The molecule has 0 radical (unpaired) electrons. The predicted octanol–water partition coefficient (Wildman–Crippen LogP) is 7.96. The Hall–Kier alpha value is -5.65. The number of hydrogen-bond acceptors (Lipinski definition) is 7. The number of alkyl carbamates (subject to hydrolysis) is 2. The number of carbonyl (C=O) groups excluding carboxylic acids is 5. The minimum absolute atomic E-state index is 0.0707. The summed E-state index contributed by atoms with van der Waals surface area (Å²) in [5, 5.41) is 8.76. The van der Waals surface area contributed by atoms with Gasteiger partial charge in [-0.05, 0) is 107 Å². The molecule has 12 heteroatoms. The summed E-state index contributed by atoms with van der Waals surface area (Å²) in [6.07, 6.45) is 5.49. The Morgan fingerprint density at radius 2 is 1.49 bits per heavy atom. The highest BCUT2D eigenvalue weighted by Crippen LogP contribution is 2.44. The second-order valence-corrected chi connectivity index (χ2v) is 17.8. The lowest BCUT2D eigenvalue weighted by Crippen LogP contribution is -2.57. The van der Waals surface area contributed by atoms with Gasteiger partial charge in [0.2, 0.25) is 18.2 Å². The highest BCUT2D eigenvalue weighted by molar-refractivity contribution is 5.85. The van der Waals surface area contributed by atoms with E-state index in [0.29, 0.717) is 45.1 Å². The summed E-state index contributed by atoms with van der Waals surface area (Å²) >= 11 is 0. The number of rotatable bonds is 19. The molecule has 1 saturated heterocycles. The molecule has 2 aliphatic rings. The van der Waals surface area contributed by atoms with Crippen molar-refractivity contribution < 1.29 is 33.4 Å². The maximum atomic E-state index is 14.7. The number of benzene rings is 3. The summed E-state index contributed by atoms with van der Waals surface area (Å²) in [4.78, 5) is 70.5. The van der Waals surface area contributed by atoms with Crippen LogP contribution in [0.2, 0.25) is 0 Å². The minimum atomic E-state index is -0.890. The molecule has 1 heterocycles. The normalized spacial score (nSPS) is 16.4. The van der Waals surface area contributed by atoms with E-state index in [4.69, 9.17) is 9.47 Å². The first-order valence-electron chi connectivity index (χ1n) is 21.8. The van der Waals surface area contributed by atoms with Crippen molar-refractivity contribution in [3.8, 4) is 11.1 Å². The average molecular weight is 836 g/mol. The zero-order valence-corrected chi connectivity index (χ0v) is 36.9. The van der Waals surface area contributed by atoms with E-state index in [9.17, 15) is 24.0 Å². The standard InChI is InChI=1S/C49H65N5O7/c1-33(2)29-37(52-48(59)61-49(5,6)7)26-25-36(30-35-17-9-8-10-18-35)46(57)53-28-16-24-44(53)54(32-55)43(45(56)51-34(3)4)23-15-27-50-47(58)60-31-42-40-21-13-11-19-38(40)39-20-12-14-22-41(39)42/h8-14,17-22,25-26,32-34,36-37,42-44H,15-16,23-24,27-31H2,1-7H3,(H,50,58)(H,51,56)(H,52,59)/b26-25+/t36-,37-,43+,44-/m1/s1. The van der Waals surface area contributed by atoms with E-state index in [2.05, 4.69) is 54.1 Å². The van der Waals surface area contributed by atoms with Crippen LogP contribution in [0.5, 0.6) is 0 Å². The first-order valence-corrected chi connectivity index (χ1v) is 21.8. The van der Waals surface area contributed by atoms with Crippen molar-refractivity contribution in [1.82, 2.24) is 25.8 Å². The van der Waals surface area contributed by atoms with Gasteiger partial charge in [0.25, 0.3) is 0 Å². The van der Waals surface area contributed by atoms with Crippen molar-refractivity contribution in [2.45, 2.75) is 123 Å². The molecule has 5 rings (SSSR count). The summed E-state index contributed by atoms with van der Waals surface area (Å²) < 4.78 is 11.3. The molecule has 5 amide bonds. The van der Waals surface area contributed by atoms with Gasteiger partial charge in [-0.25, -0.2) is 9.59 Å².